The minimum Gasteiger partial charge on any atom is -0.363 e. The average molecular weight is 388 g/mol. The van der Waals surface area contributed by atoms with E-state index in [4.69, 9.17) is 4.74 Å². The Balaban J connectivity index is 1.36. The molecule has 0 aromatic carbocycles. The molecule has 27 heavy (non-hydrogen) atoms. The minimum absolute atomic E-state index is 0.103. The predicted molar refractivity (Wildman–Crippen MR) is 96.0 cm³/mol. The molecule has 4 rings (SSSR count). The van der Waals surface area contributed by atoms with Gasteiger partial charge in [0, 0.05) is 19.2 Å². The molecule has 3 atom stereocenters. The molecular weight excluding hydrogens is 368 g/mol. The van der Waals surface area contributed by atoms with Crippen LogP contribution in [0.3, 0.4) is 0 Å². The van der Waals surface area contributed by atoms with Gasteiger partial charge in [-0.3, -0.25) is 19.6 Å². The van der Waals surface area contributed by atoms with Gasteiger partial charge in [-0.25, -0.2) is 0 Å². The Kier molecular flexibility index (Phi) is 4.83. The second-order valence-electron chi connectivity index (χ2n) is 6.80. The van der Waals surface area contributed by atoms with Crippen LogP contribution >= 0.6 is 11.5 Å². The Bertz CT molecular complexity index is 855. The fourth-order valence-electron chi connectivity index (χ4n) is 3.54. The molecule has 0 spiro atoms. The highest BCUT2D eigenvalue weighted by Crippen LogP contribution is 2.34. The first-order valence-corrected chi connectivity index (χ1v) is 9.61. The van der Waals surface area contributed by atoms with Crippen LogP contribution in [0.25, 0.3) is 0 Å². The van der Waals surface area contributed by atoms with E-state index in [1.165, 1.54) is 11.5 Å². The first-order chi connectivity index (χ1) is 13.0. The van der Waals surface area contributed by atoms with Gasteiger partial charge in [0.15, 0.2) is 5.69 Å². The summed E-state index contributed by atoms with van der Waals surface area (Å²) >= 11 is 1.21. The zero-order valence-corrected chi connectivity index (χ0v) is 15.9. The second kappa shape index (κ2) is 7.28. The number of rotatable bonds is 4. The molecule has 2 saturated heterocycles. The lowest BCUT2D eigenvalue weighted by molar-refractivity contribution is -0.132. The third kappa shape index (κ3) is 3.54. The first kappa shape index (κ1) is 17.9. The number of ether oxygens (including phenoxy) is 1. The summed E-state index contributed by atoms with van der Waals surface area (Å²) in [7, 11) is 0. The molecule has 2 aromatic rings. The summed E-state index contributed by atoms with van der Waals surface area (Å²) in [5.41, 5.74) is 1.91. The molecule has 2 aliphatic heterocycles. The molecule has 2 aliphatic rings. The number of carbonyl (C=O) groups excluding carboxylic acids is 2. The fourth-order valence-corrected chi connectivity index (χ4v) is 4.00. The van der Waals surface area contributed by atoms with Crippen LogP contribution < -0.4 is 5.32 Å². The molecule has 0 saturated carbocycles. The number of aryl methyl sites for hydroxylation is 2. The SMILES string of the molecule is Cc1cnc(CNC(=O)[C@H]2C[C@@H]3[C@@H](CCN3C(=O)c3nnsc3C)O2)cn1. The number of amides is 2. The normalized spacial score (nSPS) is 24.1. The van der Waals surface area contributed by atoms with Crippen molar-refractivity contribution in [2.24, 2.45) is 0 Å². The van der Waals surface area contributed by atoms with Crippen molar-refractivity contribution < 1.29 is 14.3 Å². The highest BCUT2D eigenvalue weighted by molar-refractivity contribution is 7.05. The zero-order valence-electron chi connectivity index (χ0n) is 15.1. The molecule has 9 nitrogen and oxygen atoms in total. The number of aromatic nitrogens is 4. The van der Waals surface area contributed by atoms with E-state index >= 15 is 0 Å². The van der Waals surface area contributed by atoms with E-state index in [0.717, 1.165) is 17.0 Å². The summed E-state index contributed by atoms with van der Waals surface area (Å²) in [5.74, 6) is -0.320. The van der Waals surface area contributed by atoms with Gasteiger partial charge >= 0.3 is 0 Å². The Morgan fingerprint density at radius 1 is 1.33 bits per heavy atom. The molecule has 142 valence electrons. The van der Waals surface area contributed by atoms with Gasteiger partial charge < -0.3 is 15.0 Å². The second-order valence-corrected chi connectivity index (χ2v) is 7.76. The predicted octanol–water partition coefficient (Wildman–Crippen LogP) is 0.633. The summed E-state index contributed by atoms with van der Waals surface area (Å²) < 4.78 is 9.75. The van der Waals surface area contributed by atoms with Crippen LogP contribution in [0.2, 0.25) is 0 Å². The van der Waals surface area contributed by atoms with Gasteiger partial charge in [-0.05, 0) is 31.8 Å². The minimum atomic E-state index is -0.566. The lowest BCUT2D eigenvalue weighted by Gasteiger charge is -2.22. The van der Waals surface area contributed by atoms with Gasteiger partial charge in [-0.1, -0.05) is 4.49 Å². The van der Waals surface area contributed by atoms with E-state index in [1.54, 1.807) is 17.3 Å². The van der Waals surface area contributed by atoms with Crippen LogP contribution in [0.1, 0.15) is 39.6 Å². The average Bonchev–Trinajstić information content (AvgIpc) is 3.35. The lowest BCUT2D eigenvalue weighted by Crippen LogP contribution is -2.39. The van der Waals surface area contributed by atoms with Crippen LogP contribution in [0.5, 0.6) is 0 Å². The van der Waals surface area contributed by atoms with E-state index < -0.39 is 6.10 Å². The molecule has 2 amide bonds. The lowest BCUT2D eigenvalue weighted by atomic mass is 10.1. The zero-order chi connectivity index (χ0) is 19.0. The number of nitrogens with one attached hydrogen (secondary N) is 1. The highest BCUT2D eigenvalue weighted by atomic mass is 32.1. The quantitative estimate of drug-likeness (QED) is 0.818. The van der Waals surface area contributed by atoms with E-state index in [2.05, 4.69) is 24.9 Å². The van der Waals surface area contributed by atoms with Crippen LogP contribution in [0.4, 0.5) is 0 Å². The van der Waals surface area contributed by atoms with Gasteiger partial charge in [-0.15, -0.1) is 5.10 Å². The number of nitrogens with zero attached hydrogens (tertiary/aromatic N) is 5. The molecule has 0 aliphatic carbocycles. The fraction of sp³-hybridized carbons (Fsp3) is 0.529. The third-order valence-electron chi connectivity index (χ3n) is 4.96. The Labute approximate surface area is 160 Å². The highest BCUT2D eigenvalue weighted by Gasteiger charge is 2.47. The maximum absolute atomic E-state index is 12.7. The molecule has 0 bridgehead atoms. The monoisotopic (exact) mass is 388 g/mol. The van der Waals surface area contributed by atoms with Crippen LogP contribution in [-0.4, -0.2) is 61.1 Å². The third-order valence-corrected chi connectivity index (χ3v) is 5.60. The van der Waals surface area contributed by atoms with Gasteiger partial charge in [-0.2, -0.15) is 0 Å². The molecule has 1 N–H and O–H groups in total. The summed E-state index contributed by atoms with van der Waals surface area (Å²) in [6.45, 7) is 4.60. The molecule has 0 unspecified atom stereocenters. The van der Waals surface area contributed by atoms with Crippen molar-refractivity contribution >= 4 is 23.3 Å². The smallest absolute Gasteiger partial charge is 0.275 e. The summed E-state index contributed by atoms with van der Waals surface area (Å²) in [6, 6.07) is -0.103. The molecule has 0 radical (unpaired) electrons. The van der Waals surface area contributed by atoms with Crippen LogP contribution in [-0.2, 0) is 16.1 Å². The standard InChI is InChI=1S/C17H20N6O3S/c1-9-6-19-11(7-18-9)8-20-16(24)14-5-12-13(26-14)3-4-23(12)17(25)15-10(2)27-22-21-15/h6-7,12-14H,3-5,8H2,1-2H3,(H,20,24)/t12-,13-,14-/m1/s1. The van der Waals surface area contributed by atoms with Gasteiger partial charge in [0.1, 0.15) is 6.10 Å². The Morgan fingerprint density at radius 3 is 2.89 bits per heavy atom. The van der Waals surface area contributed by atoms with Crippen LogP contribution in [0, 0.1) is 13.8 Å². The number of hydrogen-bond donors (Lipinski definition) is 1. The van der Waals surface area contributed by atoms with Gasteiger partial charge in [0.2, 0.25) is 5.91 Å². The largest absolute Gasteiger partial charge is 0.363 e. The summed E-state index contributed by atoms with van der Waals surface area (Å²) in [4.78, 5) is 36.2. The first-order valence-electron chi connectivity index (χ1n) is 8.83. The molecule has 2 aromatic heterocycles. The number of hydrogen-bond acceptors (Lipinski definition) is 8. The molecule has 4 heterocycles. The van der Waals surface area contributed by atoms with E-state index in [-0.39, 0.29) is 24.0 Å². The van der Waals surface area contributed by atoms with Gasteiger partial charge in [0.25, 0.3) is 5.91 Å². The molecular formula is C17H20N6O3S. The van der Waals surface area contributed by atoms with Crippen LogP contribution in [0.15, 0.2) is 12.4 Å². The van der Waals surface area contributed by atoms with Crippen molar-refractivity contribution in [3.05, 3.63) is 34.4 Å². The van der Waals surface area contributed by atoms with Gasteiger partial charge in [0.05, 0.1) is 41.2 Å². The number of fused-ring (bicyclic) bond motifs is 1. The Morgan fingerprint density at radius 2 is 2.19 bits per heavy atom. The summed E-state index contributed by atoms with van der Waals surface area (Å²) in [6.07, 6.45) is 3.83. The van der Waals surface area contributed by atoms with Crippen molar-refractivity contribution in [3.63, 3.8) is 0 Å². The Hall–Kier alpha value is -2.46. The van der Waals surface area contributed by atoms with E-state index in [9.17, 15) is 9.59 Å². The topological polar surface area (TPSA) is 110 Å². The number of carbonyl (C=O) groups is 2. The molecule has 10 heteroatoms. The van der Waals surface area contributed by atoms with Crippen molar-refractivity contribution in [3.8, 4) is 0 Å². The van der Waals surface area contributed by atoms with E-state index in [1.807, 2.05) is 13.8 Å². The van der Waals surface area contributed by atoms with Crippen molar-refractivity contribution in [1.82, 2.24) is 29.8 Å². The van der Waals surface area contributed by atoms with Crippen molar-refractivity contribution in [2.45, 2.75) is 51.5 Å². The summed E-state index contributed by atoms with van der Waals surface area (Å²) in [5, 5.41) is 6.78. The van der Waals surface area contributed by atoms with E-state index in [0.29, 0.717) is 30.9 Å². The number of likely N-dealkylation sites (tertiary alicyclic amines) is 1. The molecule has 2 fully saturated rings. The van der Waals surface area contributed by atoms with Crippen molar-refractivity contribution in [1.29, 1.82) is 0 Å². The maximum Gasteiger partial charge on any atom is 0.275 e. The maximum atomic E-state index is 12.7. The van der Waals surface area contributed by atoms with Crippen molar-refractivity contribution in [2.75, 3.05) is 6.54 Å².